The normalized spacial score (nSPS) is 22.8. The van der Waals surface area contributed by atoms with Crippen molar-refractivity contribution in [1.82, 2.24) is 0 Å². The minimum Gasteiger partial charge on any atom is -0.395 e. The molecular formula is C13H18F2N2O. The highest BCUT2D eigenvalue weighted by atomic mass is 19.1. The lowest BCUT2D eigenvalue weighted by Gasteiger charge is -2.36. The van der Waals surface area contributed by atoms with Crippen molar-refractivity contribution in [1.29, 1.82) is 0 Å². The topological polar surface area (TPSA) is 47.3 Å². The van der Waals surface area contributed by atoms with E-state index in [9.17, 15) is 8.78 Å². The molecule has 3 nitrogen and oxygen atoms in total. The molecule has 0 aromatic heterocycles. The first-order valence-electron chi connectivity index (χ1n) is 6.02. The molecule has 0 saturated carbocycles. The van der Waals surface area contributed by atoms with Gasteiger partial charge in [-0.2, -0.15) is 0 Å². The number of hydrogen-bond acceptors (Lipinski definition) is 3. The van der Waals surface area contributed by atoms with Crippen LogP contribution in [0.25, 0.3) is 0 Å². The van der Waals surface area contributed by atoms with Gasteiger partial charge in [-0.25, -0.2) is 8.78 Å². The highest BCUT2D eigenvalue weighted by Crippen LogP contribution is 2.29. The second-order valence-electron chi connectivity index (χ2n) is 5.29. The summed E-state index contributed by atoms with van der Waals surface area (Å²) < 4.78 is 32.1. The molecule has 5 heteroatoms. The summed E-state index contributed by atoms with van der Waals surface area (Å²) in [5.74, 6) is -1.36. The minimum atomic E-state index is -0.733. The number of ether oxygens (including phenoxy) is 1. The Bertz CT molecular complexity index is 449. The van der Waals surface area contributed by atoms with Gasteiger partial charge < -0.3 is 15.8 Å². The van der Waals surface area contributed by atoms with Crippen LogP contribution in [0.2, 0.25) is 0 Å². The lowest BCUT2D eigenvalue weighted by molar-refractivity contribution is -0.0553. The largest absolute Gasteiger partial charge is 0.395 e. The first kappa shape index (κ1) is 13.1. The van der Waals surface area contributed by atoms with Crippen LogP contribution in [0.3, 0.4) is 0 Å². The lowest BCUT2D eigenvalue weighted by Crippen LogP contribution is -2.40. The van der Waals surface area contributed by atoms with E-state index in [-0.39, 0.29) is 17.3 Å². The predicted octanol–water partition coefficient (Wildman–Crippen LogP) is 2.92. The monoisotopic (exact) mass is 256 g/mol. The van der Waals surface area contributed by atoms with Crippen molar-refractivity contribution in [2.24, 2.45) is 0 Å². The van der Waals surface area contributed by atoms with Gasteiger partial charge in [0, 0.05) is 18.7 Å². The summed E-state index contributed by atoms with van der Waals surface area (Å²) in [5, 5.41) is 3.10. The summed E-state index contributed by atoms with van der Waals surface area (Å²) in [6.07, 6.45) is 1.56. The van der Waals surface area contributed by atoms with Crippen LogP contribution in [0.15, 0.2) is 12.1 Å². The molecule has 2 rings (SSSR count). The van der Waals surface area contributed by atoms with E-state index >= 15 is 0 Å². The van der Waals surface area contributed by atoms with Gasteiger partial charge in [-0.15, -0.1) is 0 Å². The summed E-state index contributed by atoms with van der Waals surface area (Å²) in [6.45, 7) is 4.62. The number of benzene rings is 1. The van der Waals surface area contributed by atoms with E-state index in [0.717, 1.165) is 18.9 Å². The van der Waals surface area contributed by atoms with Gasteiger partial charge in [-0.3, -0.25) is 0 Å². The molecule has 3 N–H and O–H groups in total. The number of rotatable bonds is 2. The molecular weight excluding hydrogens is 238 g/mol. The van der Waals surface area contributed by atoms with Gasteiger partial charge in [0.15, 0.2) is 5.82 Å². The molecule has 1 aliphatic rings. The van der Waals surface area contributed by atoms with Gasteiger partial charge in [0.05, 0.1) is 17.0 Å². The molecule has 1 aromatic rings. The highest BCUT2D eigenvalue weighted by molar-refractivity contribution is 5.67. The Labute approximate surface area is 105 Å². The molecule has 0 amide bonds. The molecule has 0 aliphatic carbocycles. The van der Waals surface area contributed by atoms with Crippen LogP contribution in [0.5, 0.6) is 0 Å². The Morgan fingerprint density at radius 2 is 2.11 bits per heavy atom. The van der Waals surface area contributed by atoms with Gasteiger partial charge in [0.2, 0.25) is 0 Å². The smallest absolute Gasteiger partial charge is 0.151 e. The van der Waals surface area contributed by atoms with E-state index in [0.29, 0.717) is 12.3 Å². The second kappa shape index (κ2) is 4.72. The highest BCUT2D eigenvalue weighted by Gasteiger charge is 2.29. The van der Waals surface area contributed by atoms with Crippen LogP contribution in [0.1, 0.15) is 26.7 Å². The molecule has 1 unspecified atom stereocenters. The summed E-state index contributed by atoms with van der Waals surface area (Å²) in [6, 6.07) is 2.12. The summed E-state index contributed by atoms with van der Waals surface area (Å²) >= 11 is 0. The van der Waals surface area contributed by atoms with E-state index in [4.69, 9.17) is 10.5 Å². The maximum absolute atomic E-state index is 13.3. The molecule has 0 spiro atoms. The van der Waals surface area contributed by atoms with E-state index < -0.39 is 11.6 Å². The third-order valence-corrected chi connectivity index (χ3v) is 3.15. The molecule has 1 saturated heterocycles. The fourth-order valence-electron chi connectivity index (χ4n) is 2.28. The van der Waals surface area contributed by atoms with E-state index in [1.54, 1.807) is 0 Å². The van der Waals surface area contributed by atoms with E-state index in [2.05, 4.69) is 5.32 Å². The number of hydrogen-bond donors (Lipinski definition) is 2. The van der Waals surface area contributed by atoms with Gasteiger partial charge in [0.1, 0.15) is 5.82 Å². The van der Waals surface area contributed by atoms with Gasteiger partial charge in [-0.05, 0) is 32.8 Å². The SMILES string of the molecule is CC1(C)CC(Nc2cc(F)cc(F)c2N)CCO1. The first-order valence-corrected chi connectivity index (χ1v) is 6.02. The third-order valence-electron chi connectivity index (χ3n) is 3.15. The van der Waals surface area contributed by atoms with Crippen LogP contribution < -0.4 is 11.1 Å². The number of nitrogens with two attached hydrogens (primary N) is 1. The number of halogens is 2. The maximum Gasteiger partial charge on any atom is 0.151 e. The quantitative estimate of drug-likeness (QED) is 0.800. The number of nitrogen functional groups attached to an aromatic ring is 1. The molecule has 0 radical (unpaired) electrons. The van der Waals surface area contributed by atoms with Gasteiger partial charge in [-0.1, -0.05) is 0 Å². The van der Waals surface area contributed by atoms with Crippen molar-refractivity contribution in [2.75, 3.05) is 17.7 Å². The zero-order valence-corrected chi connectivity index (χ0v) is 10.6. The minimum absolute atomic E-state index is 0.0410. The van der Waals surface area contributed by atoms with Crippen molar-refractivity contribution in [3.63, 3.8) is 0 Å². The Hall–Kier alpha value is -1.36. The molecule has 0 bridgehead atoms. The average Bonchev–Trinajstić information content (AvgIpc) is 2.24. The predicted molar refractivity (Wildman–Crippen MR) is 67.4 cm³/mol. The fourth-order valence-corrected chi connectivity index (χ4v) is 2.28. The fraction of sp³-hybridized carbons (Fsp3) is 0.538. The molecule has 100 valence electrons. The Balaban J connectivity index is 2.14. The third kappa shape index (κ3) is 2.90. The summed E-state index contributed by atoms with van der Waals surface area (Å²) in [5.41, 5.74) is 5.65. The van der Waals surface area contributed by atoms with Gasteiger partial charge in [0.25, 0.3) is 0 Å². The first-order chi connectivity index (χ1) is 8.37. The van der Waals surface area contributed by atoms with Crippen molar-refractivity contribution < 1.29 is 13.5 Å². The second-order valence-corrected chi connectivity index (χ2v) is 5.29. The Morgan fingerprint density at radius 1 is 1.39 bits per heavy atom. The van der Waals surface area contributed by atoms with Crippen molar-refractivity contribution in [3.8, 4) is 0 Å². The molecule has 1 aromatic carbocycles. The molecule has 1 heterocycles. The Kier molecular flexibility index (Phi) is 3.43. The molecule has 1 atom stereocenters. The zero-order valence-electron chi connectivity index (χ0n) is 10.6. The van der Waals surface area contributed by atoms with E-state index in [1.807, 2.05) is 13.8 Å². The average molecular weight is 256 g/mol. The molecule has 1 fully saturated rings. The van der Waals surface area contributed by atoms with Crippen LogP contribution in [0, 0.1) is 11.6 Å². The van der Waals surface area contributed by atoms with Crippen LogP contribution in [0.4, 0.5) is 20.2 Å². The molecule has 1 aliphatic heterocycles. The molecule has 18 heavy (non-hydrogen) atoms. The number of nitrogens with one attached hydrogen (secondary N) is 1. The summed E-state index contributed by atoms with van der Waals surface area (Å²) in [4.78, 5) is 0. The van der Waals surface area contributed by atoms with Crippen LogP contribution in [-0.2, 0) is 4.74 Å². The standard InChI is InChI=1S/C13H18F2N2O/c1-13(2)7-9(3-4-18-13)17-11-6-8(14)5-10(15)12(11)16/h5-6,9,17H,3-4,7,16H2,1-2H3. The maximum atomic E-state index is 13.3. The van der Waals surface area contributed by atoms with Crippen molar-refractivity contribution >= 4 is 11.4 Å². The lowest BCUT2D eigenvalue weighted by atomic mass is 9.93. The van der Waals surface area contributed by atoms with Crippen LogP contribution >= 0.6 is 0 Å². The zero-order chi connectivity index (χ0) is 13.3. The van der Waals surface area contributed by atoms with Crippen LogP contribution in [-0.4, -0.2) is 18.2 Å². The van der Waals surface area contributed by atoms with Crippen molar-refractivity contribution in [2.45, 2.75) is 38.3 Å². The summed E-state index contributed by atoms with van der Waals surface area (Å²) in [7, 11) is 0. The Morgan fingerprint density at radius 3 is 2.78 bits per heavy atom. The van der Waals surface area contributed by atoms with Crippen molar-refractivity contribution in [3.05, 3.63) is 23.8 Å². The number of anilines is 2. The van der Waals surface area contributed by atoms with E-state index in [1.165, 1.54) is 6.07 Å². The van der Waals surface area contributed by atoms with Gasteiger partial charge >= 0.3 is 0 Å².